The molecule has 6 saturated heterocycles. The Labute approximate surface area is 303 Å². The third-order valence-corrected chi connectivity index (χ3v) is 12.4. The van der Waals surface area contributed by atoms with Crippen LogP contribution in [0.15, 0.2) is 24.3 Å². The lowest BCUT2D eigenvalue weighted by Gasteiger charge is -2.62. The number of benzene rings is 2. The van der Waals surface area contributed by atoms with Crippen LogP contribution in [-0.2, 0) is 33.8 Å². The molecule has 0 N–H and O–H groups in total. The number of rotatable bonds is 20. The monoisotopic (exact) mass is 720 g/mol. The van der Waals surface area contributed by atoms with Crippen molar-refractivity contribution in [1.29, 1.82) is 0 Å². The van der Waals surface area contributed by atoms with E-state index in [0.29, 0.717) is 114 Å². The van der Waals surface area contributed by atoms with Crippen LogP contribution in [-0.4, -0.2) is 116 Å². The Bertz CT molecular complexity index is 1510. The van der Waals surface area contributed by atoms with E-state index in [1.165, 1.54) is 6.42 Å². The molecule has 6 aliphatic heterocycles. The third kappa shape index (κ3) is 6.57. The molecule has 6 atom stereocenters. The molecule has 0 radical (unpaired) electrons. The molecule has 0 spiro atoms. The van der Waals surface area contributed by atoms with Gasteiger partial charge in [-0.05, 0) is 80.0 Å². The van der Waals surface area contributed by atoms with Gasteiger partial charge in [0.1, 0.15) is 87.8 Å². The smallest absolute Gasteiger partial charge is 0.169 e. The maximum Gasteiger partial charge on any atom is 0.169 e. The molecule has 4 bridgehead atoms. The number of hydrogen-bond acceptors (Lipinski definition) is 12. The first-order valence-electron chi connectivity index (χ1n) is 19.5. The van der Waals surface area contributed by atoms with Crippen molar-refractivity contribution in [3.63, 3.8) is 0 Å². The van der Waals surface area contributed by atoms with E-state index < -0.39 is 5.41 Å². The zero-order chi connectivity index (χ0) is 34.2. The number of epoxide rings is 6. The minimum absolute atomic E-state index is 0.0441. The molecule has 10 fully saturated rings. The standard InChI is InChI=1S/C40H48O12/c1-3-34(49-18-28-12-43-28)38(51-20-30-14-45-30)36(32(1)47-16-26-10-41-26)40(24-6-22-5-23(8-24)9-25(40)7-22)37-33(48-17-27-11-42-27)2-4-35(50-19-29-13-44-29)39(37)52-21-31-15-46-31/h1-4,22-31H,5-21H2. The summed E-state index contributed by atoms with van der Waals surface area (Å²) >= 11 is 0. The first-order chi connectivity index (χ1) is 25.7. The quantitative estimate of drug-likeness (QED) is 0.183. The van der Waals surface area contributed by atoms with Gasteiger partial charge in [0.2, 0.25) is 0 Å². The second kappa shape index (κ2) is 13.1. The maximum absolute atomic E-state index is 6.95. The summed E-state index contributed by atoms with van der Waals surface area (Å²) in [5.74, 6) is 6.27. The molecule has 12 nitrogen and oxygen atoms in total. The third-order valence-electron chi connectivity index (χ3n) is 12.4. The molecule has 6 heterocycles. The van der Waals surface area contributed by atoms with Crippen molar-refractivity contribution in [3.8, 4) is 34.5 Å². The zero-order valence-corrected chi connectivity index (χ0v) is 29.5. The average molecular weight is 721 g/mol. The molecule has 4 aliphatic carbocycles. The Kier molecular flexibility index (Phi) is 8.16. The molecule has 52 heavy (non-hydrogen) atoms. The Hall–Kier alpha value is -3.00. The molecule has 2 aromatic rings. The van der Waals surface area contributed by atoms with Crippen molar-refractivity contribution >= 4 is 0 Å². The van der Waals surface area contributed by atoms with Crippen molar-refractivity contribution in [3.05, 3.63) is 35.4 Å². The first kappa shape index (κ1) is 32.4. The Morgan fingerprint density at radius 1 is 0.404 bits per heavy atom. The summed E-state index contributed by atoms with van der Waals surface area (Å²) in [6.45, 7) is 6.84. The normalized spacial score (nSPS) is 38.0. The lowest BCUT2D eigenvalue weighted by molar-refractivity contribution is -0.0460. The van der Waals surface area contributed by atoms with Crippen molar-refractivity contribution in [2.45, 2.75) is 74.1 Å². The zero-order valence-electron chi connectivity index (χ0n) is 29.5. The summed E-state index contributed by atoms with van der Waals surface area (Å²) in [5, 5.41) is 0. The van der Waals surface area contributed by atoms with Crippen LogP contribution in [0, 0.1) is 23.7 Å². The van der Waals surface area contributed by atoms with E-state index in [2.05, 4.69) is 12.1 Å². The summed E-state index contributed by atoms with van der Waals surface area (Å²) in [4.78, 5) is 0. The van der Waals surface area contributed by atoms with Crippen LogP contribution in [0.3, 0.4) is 0 Å². The van der Waals surface area contributed by atoms with Gasteiger partial charge in [0.25, 0.3) is 0 Å². The van der Waals surface area contributed by atoms with E-state index in [9.17, 15) is 0 Å². The van der Waals surface area contributed by atoms with Gasteiger partial charge < -0.3 is 56.8 Å². The topological polar surface area (TPSA) is 131 Å². The summed E-state index contributed by atoms with van der Waals surface area (Å²) < 4.78 is 74.6. The van der Waals surface area contributed by atoms with Gasteiger partial charge in [-0.25, -0.2) is 0 Å². The van der Waals surface area contributed by atoms with Crippen LogP contribution in [0.2, 0.25) is 0 Å². The highest BCUT2D eigenvalue weighted by Crippen LogP contribution is 2.71. The SMILES string of the molecule is c1cc(OCC2CO2)c(C2(c3c(OCC4CO4)ccc(OCC4CO4)c3OCC3CO3)C3CC4CC(C3)CC2C4)c(OCC2CO2)c1OCC1CO1. The fraction of sp³-hybridized carbons (Fsp3) is 0.700. The fourth-order valence-electron chi connectivity index (χ4n) is 9.57. The molecular weight excluding hydrogens is 672 g/mol. The molecule has 10 aliphatic rings. The van der Waals surface area contributed by atoms with E-state index in [4.69, 9.17) is 56.8 Å². The highest BCUT2D eigenvalue weighted by Gasteiger charge is 2.63. The minimum Gasteiger partial charge on any atom is -0.490 e. The predicted molar refractivity (Wildman–Crippen MR) is 182 cm³/mol. The molecular formula is C40H48O12. The number of hydrogen-bond donors (Lipinski definition) is 0. The van der Waals surface area contributed by atoms with Crippen molar-refractivity contribution in [1.82, 2.24) is 0 Å². The highest BCUT2D eigenvalue weighted by atomic mass is 16.6. The van der Waals surface area contributed by atoms with E-state index in [0.717, 1.165) is 48.3 Å². The minimum atomic E-state index is -0.614. The summed E-state index contributed by atoms with van der Waals surface area (Å²) in [6, 6.07) is 8.16. The van der Waals surface area contributed by atoms with Crippen LogP contribution in [0.1, 0.15) is 43.2 Å². The van der Waals surface area contributed by atoms with Gasteiger partial charge >= 0.3 is 0 Å². The van der Waals surface area contributed by atoms with Crippen molar-refractivity contribution in [2.75, 3.05) is 79.3 Å². The van der Waals surface area contributed by atoms with Gasteiger partial charge in [0, 0.05) is 5.41 Å². The van der Waals surface area contributed by atoms with Gasteiger partial charge in [-0.2, -0.15) is 0 Å². The second-order valence-corrected chi connectivity index (χ2v) is 16.3. The Balaban J connectivity index is 1.14. The summed E-state index contributed by atoms with van der Waals surface area (Å²) in [6.07, 6.45) is 6.10. The van der Waals surface area contributed by atoms with Crippen LogP contribution in [0.4, 0.5) is 0 Å². The number of ether oxygens (including phenoxy) is 12. The van der Waals surface area contributed by atoms with Gasteiger partial charge in [-0.3, -0.25) is 0 Å². The summed E-state index contributed by atoms with van der Waals surface area (Å²) in [5.41, 5.74) is 1.41. The first-order valence-corrected chi connectivity index (χ1v) is 19.5. The average Bonchev–Trinajstić information content (AvgIpc) is 3.93. The van der Waals surface area contributed by atoms with E-state index in [1.54, 1.807) is 0 Å². The van der Waals surface area contributed by atoms with E-state index >= 15 is 0 Å². The molecule has 6 unspecified atom stereocenters. The second-order valence-electron chi connectivity index (χ2n) is 16.3. The molecule has 12 heteroatoms. The molecule has 0 amide bonds. The van der Waals surface area contributed by atoms with E-state index in [-0.39, 0.29) is 48.5 Å². The van der Waals surface area contributed by atoms with Gasteiger partial charge in [0.05, 0.1) is 50.8 Å². The van der Waals surface area contributed by atoms with Crippen molar-refractivity contribution < 1.29 is 56.8 Å². The maximum atomic E-state index is 6.95. The lowest BCUT2D eigenvalue weighted by atomic mass is 9.42. The van der Waals surface area contributed by atoms with Crippen LogP contribution < -0.4 is 28.4 Å². The Morgan fingerprint density at radius 2 is 0.692 bits per heavy atom. The Morgan fingerprint density at radius 3 is 1.02 bits per heavy atom. The largest absolute Gasteiger partial charge is 0.490 e. The van der Waals surface area contributed by atoms with Gasteiger partial charge in [-0.1, -0.05) is 0 Å². The van der Waals surface area contributed by atoms with Crippen molar-refractivity contribution in [2.24, 2.45) is 23.7 Å². The molecule has 4 saturated carbocycles. The summed E-state index contributed by atoms with van der Waals surface area (Å²) in [7, 11) is 0. The van der Waals surface area contributed by atoms with Crippen LogP contribution in [0.25, 0.3) is 0 Å². The lowest BCUT2D eigenvalue weighted by Crippen LogP contribution is -2.56. The fourth-order valence-corrected chi connectivity index (χ4v) is 9.57. The molecule has 280 valence electrons. The molecule has 2 aromatic carbocycles. The molecule has 12 rings (SSSR count). The van der Waals surface area contributed by atoms with Crippen LogP contribution in [0.5, 0.6) is 34.5 Å². The van der Waals surface area contributed by atoms with Gasteiger partial charge in [-0.15, -0.1) is 0 Å². The highest BCUT2D eigenvalue weighted by molar-refractivity contribution is 5.69. The van der Waals surface area contributed by atoms with E-state index in [1.807, 2.05) is 12.1 Å². The van der Waals surface area contributed by atoms with Crippen LogP contribution >= 0.6 is 0 Å². The van der Waals surface area contributed by atoms with Gasteiger partial charge in [0.15, 0.2) is 23.0 Å². The molecule has 0 aromatic heterocycles. The predicted octanol–water partition coefficient (Wildman–Crippen LogP) is 4.09.